The van der Waals surface area contributed by atoms with Gasteiger partial charge >= 0.3 is 0 Å². The zero-order valence-corrected chi connectivity index (χ0v) is 17.2. The fourth-order valence-corrected chi connectivity index (χ4v) is 4.35. The van der Waals surface area contributed by atoms with Crippen molar-refractivity contribution in [2.24, 2.45) is 0 Å². The molecule has 27 heavy (non-hydrogen) atoms. The van der Waals surface area contributed by atoms with E-state index in [0.29, 0.717) is 6.54 Å². The maximum Gasteiger partial charge on any atom is 0.252 e. The molecule has 6 heteroatoms. The second kappa shape index (κ2) is 9.95. The molecule has 0 radical (unpaired) electrons. The molecule has 0 bridgehead atoms. The normalized spacial score (nSPS) is 14.7. The number of rotatable bonds is 8. The van der Waals surface area contributed by atoms with Crippen LogP contribution in [0.5, 0.6) is 0 Å². The zero-order valence-electron chi connectivity index (χ0n) is 16.4. The predicted octanol–water partition coefficient (Wildman–Crippen LogP) is 3.25. The fourth-order valence-electron chi connectivity index (χ4n) is 3.44. The van der Waals surface area contributed by atoms with E-state index >= 15 is 0 Å². The molecule has 0 atom stereocenters. The number of nitrogens with one attached hydrogen (secondary N) is 1. The third-order valence-corrected chi connectivity index (χ3v) is 6.06. The van der Waals surface area contributed by atoms with Crippen LogP contribution in [0.3, 0.4) is 0 Å². The first kappa shape index (κ1) is 20.0. The van der Waals surface area contributed by atoms with Crippen LogP contribution >= 0.6 is 11.8 Å². The number of aromatic nitrogens is 1. The van der Waals surface area contributed by atoms with Gasteiger partial charge < -0.3 is 15.1 Å². The monoisotopic (exact) mass is 386 g/mol. The first-order chi connectivity index (χ1) is 13.2. The molecule has 146 valence electrons. The van der Waals surface area contributed by atoms with E-state index in [2.05, 4.69) is 29.0 Å². The number of hydrogen-bond donors (Lipinski definition) is 1. The van der Waals surface area contributed by atoms with Gasteiger partial charge in [0, 0.05) is 36.5 Å². The highest BCUT2D eigenvalue weighted by atomic mass is 32.2. The van der Waals surface area contributed by atoms with Gasteiger partial charge in [-0.05, 0) is 38.2 Å². The summed E-state index contributed by atoms with van der Waals surface area (Å²) in [6.45, 7) is 10.1. The van der Waals surface area contributed by atoms with Gasteiger partial charge in [-0.25, -0.2) is 4.98 Å². The Morgan fingerprint density at radius 1 is 1.22 bits per heavy atom. The predicted molar refractivity (Wildman–Crippen MR) is 116 cm³/mol. The van der Waals surface area contributed by atoms with Crippen LogP contribution in [0.15, 0.2) is 30.3 Å². The Balaban J connectivity index is 1.74. The summed E-state index contributed by atoms with van der Waals surface area (Å²) in [7, 11) is 0. The van der Waals surface area contributed by atoms with Crippen molar-refractivity contribution in [3.63, 3.8) is 0 Å². The number of para-hydroxylation sites is 1. The topological polar surface area (TPSA) is 48.5 Å². The van der Waals surface area contributed by atoms with E-state index in [1.807, 2.05) is 42.1 Å². The second-order valence-corrected chi connectivity index (χ2v) is 8.01. The first-order valence-electron chi connectivity index (χ1n) is 9.96. The molecule has 0 saturated carbocycles. The minimum Gasteiger partial charge on any atom is -0.355 e. The molecule has 1 aromatic carbocycles. The maximum atomic E-state index is 12.9. The number of anilines is 1. The van der Waals surface area contributed by atoms with Gasteiger partial charge in [0.1, 0.15) is 5.82 Å². The Kier molecular flexibility index (Phi) is 7.35. The van der Waals surface area contributed by atoms with E-state index in [1.165, 1.54) is 0 Å². The van der Waals surface area contributed by atoms with Crippen LogP contribution < -0.4 is 10.2 Å². The van der Waals surface area contributed by atoms with Crippen LogP contribution in [-0.2, 0) is 0 Å². The van der Waals surface area contributed by atoms with Crippen LogP contribution in [0.1, 0.15) is 30.6 Å². The van der Waals surface area contributed by atoms with Gasteiger partial charge in [0.2, 0.25) is 0 Å². The number of pyridine rings is 1. The summed E-state index contributed by atoms with van der Waals surface area (Å²) in [5.41, 5.74) is 1.62. The molecular formula is C21H30N4OS. The number of benzene rings is 1. The Morgan fingerprint density at radius 3 is 2.70 bits per heavy atom. The smallest absolute Gasteiger partial charge is 0.252 e. The summed E-state index contributed by atoms with van der Waals surface area (Å²) in [6, 6.07) is 9.91. The quantitative estimate of drug-likeness (QED) is 0.706. The van der Waals surface area contributed by atoms with Gasteiger partial charge in [0.25, 0.3) is 5.91 Å². The average molecular weight is 387 g/mol. The molecule has 3 rings (SSSR count). The maximum absolute atomic E-state index is 12.9. The summed E-state index contributed by atoms with van der Waals surface area (Å²) < 4.78 is 0. The number of carbonyl (C=O) groups excluding carboxylic acids is 1. The Morgan fingerprint density at radius 2 is 1.96 bits per heavy atom. The summed E-state index contributed by atoms with van der Waals surface area (Å²) in [5.74, 6) is 3.14. The number of nitrogens with zero attached hydrogens (tertiary/aromatic N) is 3. The van der Waals surface area contributed by atoms with Crippen molar-refractivity contribution in [3.05, 3.63) is 35.9 Å². The average Bonchev–Trinajstić information content (AvgIpc) is 2.73. The van der Waals surface area contributed by atoms with E-state index in [9.17, 15) is 4.79 Å². The SMILES string of the molecule is CCN(CC)CCCNC(=O)c1cc(N2CCSCC2)nc2ccccc12. The molecule has 1 aliphatic heterocycles. The Bertz CT molecular complexity index is 757. The van der Waals surface area contributed by atoms with E-state index in [0.717, 1.165) is 72.9 Å². The minimum absolute atomic E-state index is 0.000723. The highest BCUT2D eigenvalue weighted by Crippen LogP contribution is 2.25. The summed E-state index contributed by atoms with van der Waals surface area (Å²) in [4.78, 5) is 22.4. The summed E-state index contributed by atoms with van der Waals surface area (Å²) in [6.07, 6.45) is 0.965. The standard InChI is InChI=1S/C21H30N4OS/c1-3-24(4-2)11-7-10-22-21(26)18-16-20(25-12-14-27-15-13-25)23-19-9-6-5-8-17(18)19/h5-6,8-9,16H,3-4,7,10-15H2,1-2H3,(H,22,26). The van der Waals surface area contributed by atoms with Crippen LogP contribution in [0.25, 0.3) is 10.9 Å². The van der Waals surface area contributed by atoms with Crippen molar-refractivity contribution >= 4 is 34.4 Å². The van der Waals surface area contributed by atoms with Crippen molar-refractivity contribution in [1.82, 2.24) is 15.2 Å². The van der Waals surface area contributed by atoms with Gasteiger partial charge in [-0.15, -0.1) is 0 Å². The van der Waals surface area contributed by atoms with Crippen LogP contribution in [-0.4, -0.2) is 66.6 Å². The number of fused-ring (bicyclic) bond motifs is 1. The molecule has 2 aromatic rings. The molecule has 5 nitrogen and oxygen atoms in total. The lowest BCUT2D eigenvalue weighted by atomic mass is 10.1. The third kappa shape index (κ3) is 5.14. The van der Waals surface area contributed by atoms with Crippen molar-refractivity contribution in [3.8, 4) is 0 Å². The lowest BCUT2D eigenvalue weighted by Crippen LogP contribution is -2.34. The van der Waals surface area contributed by atoms with Gasteiger partial charge in [-0.2, -0.15) is 11.8 Å². The van der Waals surface area contributed by atoms with Crippen LogP contribution in [0, 0.1) is 0 Å². The molecule has 0 aliphatic carbocycles. The van der Waals surface area contributed by atoms with Crippen molar-refractivity contribution < 1.29 is 4.79 Å². The summed E-state index contributed by atoms with van der Waals surface area (Å²) >= 11 is 1.97. The molecule has 1 aromatic heterocycles. The van der Waals surface area contributed by atoms with Gasteiger partial charge in [-0.3, -0.25) is 4.79 Å². The Hall–Kier alpha value is -1.79. The Labute approximate surface area is 166 Å². The van der Waals surface area contributed by atoms with Crippen LogP contribution in [0.2, 0.25) is 0 Å². The fraction of sp³-hybridized carbons (Fsp3) is 0.524. The van der Waals surface area contributed by atoms with Crippen LogP contribution in [0.4, 0.5) is 5.82 Å². The number of carbonyl (C=O) groups is 1. The molecule has 1 saturated heterocycles. The second-order valence-electron chi connectivity index (χ2n) is 6.78. The number of thioether (sulfide) groups is 1. The molecule has 2 heterocycles. The van der Waals surface area contributed by atoms with Gasteiger partial charge in [0.05, 0.1) is 11.1 Å². The molecule has 0 unspecified atom stereocenters. The van der Waals surface area contributed by atoms with Gasteiger partial charge in [0.15, 0.2) is 0 Å². The summed E-state index contributed by atoms with van der Waals surface area (Å²) in [5, 5.41) is 4.03. The molecular weight excluding hydrogens is 356 g/mol. The largest absolute Gasteiger partial charge is 0.355 e. The van der Waals surface area contributed by atoms with E-state index < -0.39 is 0 Å². The highest BCUT2D eigenvalue weighted by molar-refractivity contribution is 7.99. The van der Waals surface area contributed by atoms with E-state index in [4.69, 9.17) is 4.98 Å². The lowest BCUT2D eigenvalue weighted by Gasteiger charge is -2.28. The van der Waals surface area contributed by atoms with Gasteiger partial charge in [-0.1, -0.05) is 32.0 Å². The molecule has 1 amide bonds. The lowest BCUT2D eigenvalue weighted by molar-refractivity contribution is 0.0953. The van der Waals surface area contributed by atoms with Crippen molar-refractivity contribution in [1.29, 1.82) is 0 Å². The molecule has 0 spiro atoms. The van der Waals surface area contributed by atoms with E-state index in [-0.39, 0.29) is 5.91 Å². The first-order valence-corrected chi connectivity index (χ1v) is 11.1. The number of hydrogen-bond acceptors (Lipinski definition) is 5. The van der Waals surface area contributed by atoms with Crippen molar-refractivity contribution in [2.75, 3.05) is 55.7 Å². The minimum atomic E-state index is 0.000723. The van der Waals surface area contributed by atoms with E-state index in [1.54, 1.807) is 0 Å². The van der Waals surface area contributed by atoms with Crippen molar-refractivity contribution in [2.45, 2.75) is 20.3 Å². The highest BCUT2D eigenvalue weighted by Gasteiger charge is 2.17. The third-order valence-electron chi connectivity index (χ3n) is 5.11. The molecule has 1 aliphatic rings. The molecule has 1 fully saturated rings. The number of amides is 1. The molecule has 1 N–H and O–H groups in total. The zero-order chi connectivity index (χ0) is 19.1.